The largest absolute Gasteiger partial charge is 0.241 e. The van der Waals surface area contributed by atoms with Crippen LogP contribution in [0.3, 0.4) is 0 Å². The molecule has 0 N–H and O–H groups in total. The minimum atomic E-state index is 0.679. The molecule has 2 aromatic heterocycles. The van der Waals surface area contributed by atoms with Crippen LogP contribution in [0.25, 0.3) is 21.8 Å². The molecular formula is C22H26Cl2N4. The Hall–Kier alpha value is -2.30. The Morgan fingerprint density at radius 1 is 0.679 bits per heavy atom. The lowest BCUT2D eigenvalue weighted by Gasteiger charge is -2.00. The fourth-order valence-electron chi connectivity index (χ4n) is 2.35. The number of nitrogens with zero attached hydrogens (tertiary/aromatic N) is 4. The summed E-state index contributed by atoms with van der Waals surface area (Å²) < 4.78 is 0. The average Bonchev–Trinajstić information content (AvgIpc) is 2.73. The zero-order chi connectivity index (χ0) is 21.1. The van der Waals surface area contributed by atoms with E-state index in [2.05, 4.69) is 19.9 Å². The minimum Gasteiger partial charge on any atom is -0.241 e. The Balaban J connectivity index is 0.000000238. The zero-order valence-corrected chi connectivity index (χ0v) is 18.7. The molecule has 2 heterocycles. The third kappa shape index (κ3) is 6.11. The summed E-state index contributed by atoms with van der Waals surface area (Å²) in [6.45, 7) is 11.9. The summed E-state index contributed by atoms with van der Waals surface area (Å²) in [5, 5.41) is 3.46. The Morgan fingerprint density at radius 2 is 1.29 bits per heavy atom. The van der Waals surface area contributed by atoms with Crippen LogP contribution in [0.4, 0.5) is 0 Å². The maximum atomic E-state index is 5.94. The van der Waals surface area contributed by atoms with Gasteiger partial charge in [-0.15, -0.1) is 0 Å². The molecule has 4 nitrogen and oxygen atoms in total. The lowest BCUT2D eigenvalue weighted by Crippen LogP contribution is -1.86. The molecule has 0 bridgehead atoms. The number of fused-ring (bicyclic) bond motifs is 2. The quantitative estimate of drug-likeness (QED) is 0.303. The van der Waals surface area contributed by atoms with E-state index in [9.17, 15) is 0 Å². The molecule has 0 aliphatic rings. The lowest BCUT2D eigenvalue weighted by molar-refractivity contribution is 1.15. The highest BCUT2D eigenvalue weighted by Crippen LogP contribution is 2.21. The van der Waals surface area contributed by atoms with Crippen molar-refractivity contribution in [3.63, 3.8) is 0 Å². The van der Waals surface area contributed by atoms with E-state index in [1.54, 1.807) is 6.33 Å². The van der Waals surface area contributed by atoms with E-state index in [1.807, 2.05) is 77.9 Å². The molecule has 4 aromatic rings. The zero-order valence-electron chi connectivity index (χ0n) is 17.2. The van der Waals surface area contributed by atoms with Crippen molar-refractivity contribution in [3.05, 3.63) is 70.5 Å². The normalized spacial score (nSPS) is 9.43. The molecule has 2 aromatic carbocycles. The molecule has 6 heteroatoms. The van der Waals surface area contributed by atoms with Gasteiger partial charge < -0.3 is 0 Å². The molecule has 0 fully saturated rings. The van der Waals surface area contributed by atoms with Crippen LogP contribution in [0.2, 0.25) is 10.0 Å². The Morgan fingerprint density at radius 3 is 1.93 bits per heavy atom. The van der Waals surface area contributed by atoms with Crippen molar-refractivity contribution in [2.45, 2.75) is 41.5 Å². The van der Waals surface area contributed by atoms with Crippen molar-refractivity contribution in [1.29, 1.82) is 0 Å². The summed E-state index contributed by atoms with van der Waals surface area (Å²) in [4.78, 5) is 16.4. The minimum absolute atomic E-state index is 0.679. The van der Waals surface area contributed by atoms with E-state index in [4.69, 9.17) is 23.2 Å². The SMILES string of the molecule is CC.CC.Cc1ncnc2c(Cl)cccc12.Cc1ncnc2cc(Cl)ccc12. The second-order valence-corrected chi connectivity index (χ2v) is 6.06. The van der Waals surface area contributed by atoms with Crippen LogP contribution in [0.15, 0.2) is 49.1 Å². The monoisotopic (exact) mass is 416 g/mol. The van der Waals surface area contributed by atoms with Gasteiger partial charge in [-0.05, 0) is 38.1 Å². The Bertz CT molecular complexity index is 978. The van der Waals surface area contributed by atoms with Crippen LogP contribution < -0.4 is 0 Å². The van der Waals surface area contributed by atoms with E-state index >= 15 is 0 Å². The summed E-state index contributed by atoms with van der Waals surface area (Å²) in [5.41, 5.74) is 3.67. The van der Waals surface area contributed by atoms with Crippen LogP contribution in [0, 0.1) is 13.8 Å². The van der Waals surface area contributed by atoms with E-state index in [1.165, 1.54) is 6.33 Å². The summed E-state index contributed by atoms with van der Waals surface area (Å²) in [5.74, 6) is 0. The molecule has 0 atom stereocenters. The van der Waals surface area contributed by atoms with Gasteiger partial charge in [0.25, 0.3) is 0 Å². The molecule has 4 rings (SSSR count). The van der Waals surface area contributed by atoms with Gasteiger partial charge >= 0.3 is 0 Å². The number of para-hydroxylation sites is 1. The van der Waals surface area contributed by atoms with Crippen LogP contribution in [-0.2, 0) is 0 Å². The van der Waals surface area contributed by atoms with E-state index < -0.39 is 0 Å². The van der Waals surface area contributed by atoms with Crippen molar-refractivity contribution in [3.8, 4) is 0 Å². The van der Waals surface area contributed by atoms with Gasteiger partial charge in [-0.25, -0.2) is 19.9 Å². The van der Waals surface area contributed by atoms with E-state index in [-0.39, 0.29) is 0 Å². The van der Waals surface area contributed by atoms with Crippen LogP contribution >= 0.6 is 23.2 Å². The summed E-state index contributed by atoms with van der Waals surface area (Å²) in [6, 6.07) is 11.3. The highest BCUT2D eigenvalue weighted by atomic mass is 35.5. The smallest absolute Gasteiger partial charge is 0.116 e. The first-order chi connectivity index (χ1) is 13.6. The standard InChI is InChI=1S/2C9H7ClN2.2C2H6/c1-6-8-3-2-7(10)4-9(8)12-5-11-6;1-6-7-3-2-4-8(10)9(7)12-5-11-6;2*1-2/h2*2-5H,1H3;2*1-2H3. The van der Waals surface area contributed by atoms with Crippen LogP contribution in [0.5, 0.6) is 0 Å². The van der Waals surface area contributed by atoms with Crippen molar-refractivity contribution in [2.24, 2.45) is 0 Å². The first kappa shape index (κ1) is 23.7. The first-order valence-corrected chi connectivity index (χ1v) is 10.0. The third-order valence-electron chi connectivity index (χ3n) is 3.61. The molecule has 0 unspecified atom stereocenters. The maximum Gasteiger partial charge on any atom is 0.116 e. The van der Waals surface area contributed by atoms with Crippen molar-refractivity contribution < 1.29 is 0 Å². The molecule has 148 valence electrons. The van der Waals surface area contributed by atoms with Gasteiger partial charge in [-0.1, -0.05) is 63.0 Å². The molecule has 28 heavy (non-hydrogen) atoms. The third-order valence-corrected chi connectivity index (χ3v) is 4.15. The van der Waals surface area contributed by atoms with E-state index in [0.29, 0.717) is 10.0 Å². The highest BCUT2D eigenvalue weighted by Gasteiger charge is 2.01. The predicted octanol–water partition coefficient (Wildman–Crippen LogP) is 7.24. The van der Waals surface area contributed by atoms with Gasteiger partial charge in [0.15, 0.2) is 0 Å². The molecule has 0 aliphatic heterocycles. The number of halogens is 2. The molecule has 0 saturated heterocycles. The Kier molecular flexibility index (Phi) is 10.4. The van der Waals surface area contributed by atoms with Crippen molar-refractivity contribution in [2.75, 3.05) is 0 Å². The second kappa shape index (κ2) is 12.2. The molecule has 0 saturated carbocycles. The van der Waals surface area contributed by atoms with Crippen molar-refractivity contribution in [1.82, 2.24) is 19.9 Å². The van der Waals surface area contributed by atoms with Gasteiger partial charge in [0.05, 0.1) is 16.1 Å². The van der Waals surface area contributed by atoms with Crippen molar-refractivity contribution >= 4 is 45.0 Å². The fraction of sp³-hybridized carbons (Fsp3) is 0.273. The average molecular weight is 417 g/mol. The number of benzene rings is 2. The predicted molar refractivity (Wildman–Crippen MR) is 121 cm³/mol. The van der Waals surface area contributed by atoms with Crippen LogP contribution in [0.1, 0.15) is 39.1 Å². The van der Waals surface area contributed by atoms with Gasteiger partial charge in [-0.3, -0.25) is 0 Å². The topological polar surface area (TPSA) is 51.6 Å². The van der Waals surface area contributed by atoms with Gasteiger partial charge in [0, 0.05) is 27.2 Å². The van der Waals surface area contributed by atoms with Gasteiger partial charge in [0.1, 0.15) is 12.7 Å². The first-order valence-electron chi connectivity index (χ1n) is 9.29. The molecular weight excluding hydrogens is 391 g/mol. The summed E-state index contributed by atoms with van der Waals surface area (Å²) in [7, 11) is 0. The Labute approximate surface area is 177 Å². The number of rotatable bonds is 0. The molecule has 0 aliphatic carbocycles. The molecule has 0 radical (unpaired) electrons. The van der Waals surface area contributed by atoms with Gasteiger partial charge in [0.2, 0.25) is 0 Å². The van der Waals surface area contributed by atoms with Gasteiger partial charge in [-0.2, -0.15) is 0 Å². The fourth-order valence-corrected chi connectivity index (χ4v) is 2.74. The summed E-state index contributed by atoms with van der Waals surface area (Å²) in [6.07, 6.45) is 3.08. The van der Waals surface area contributed by atoms with Crippen LogP contribution in [-0.4, -0.2) is 19.9 Å². The number of hydrogen-bond donors (Lipinski definition) is 0. The second-order valence-electron chi connectivity index (χ2n) is 5.22. The number of aromatic nitrogens is 4. The maximum absolute atomic E-state index is 5.94. The van der Waals surface area contributed by atoms with E-state index in [0.717, 1.165) is 33.2 Å². The molecule has 0 spiro atoms. The molecule has 0 amide bonds. The lowest BCUT2D eigenvalue weighted by atomic mass is 10.2. The summed E-state index contributed by atoms with van der Waals surface area (Å²) >= 11 is 11.7. The highest BCUT2D eigenvalue weighted by molar-refractivity contribution is 6.35. The number of aryl methyl sites for hydroxylation is 2. The number of hydrogen-bond acceptors (Lipinski definition) is 4.